The van der Waals surface area contributed by atoms with Gasteiger partial charge in [-0.3, -0.25) is 14.6 Å². The molecule has 0 bridgehead atoms. The van der Waals surface area contributed by atoms with E-state index in [0.717, 1.165) is 12.3 Å². The monoisotopic (exact) mass is 233 g/mol. The second-order valence-corrected chi connectivity index (χ2v) is 3.36. The van der Waals surface area contributed by atoms with Gasteiger partial charge in [-0.25, -0.2) is 4.39 Å². The highest BCUT2D eigenvalue weighted by Gasteiger charge is 2.16. The Labute approximate surface area is 96.1 Å². The summed E-state index contributed by atoms with van der Waals surface area (Å²) in [7, 11) is 0. The third-order valence-electron chi connectivity index (χ3n) is 2.13. The first-order valence-corrected chi connectivity index (χ1v) is 4.88. The maximum Gasteiger partial charge on any atom is 0.205 e. The Morgan fingerprint density at radius 2 is 2.06 bits per heavy atom. The van der Waals surface area contributed by atoms with Crippen molar-refractivity contribution in [1.82, 2.24) is 4.98 Å². The molecule has 86 valence electrons. The van der Waals surface area contributed by atoms with Crippen molar-refractivity contribution in [1.29, 1.82) is 0 Å². The molecule has 0 unspecified atom stereocenters. The Morgan fingerprint density at radius 1 is 1.24 bits per heavy atom. The van der Waals surface area contributed by atoms with Crippen molar-refractivity contribution >= 4 is 11.6 Å². The van der Waals surface area contributed by atoms with Crippen LogP contribution >= 0.6 is 0 Å². The Bertz CT molecular complexity index is 531. The van der Waals surface area contributed by atoms with Crippen molar-refractivity contribution in [3.05, 3.63) is 54.0 Å². The molecule has 0 amide bonds. The highest BCUT2D eigenvalue weighted by molar-refractivity contribution is 6.11. The van der Waals surface area contributed by atoms with Crippen LogP contribution in [0.4, 0.5) is 4.39 Å². The van der Waals surface area contributed by atoms with Crippen molar-refractivity contribution in [3.8, 4) is 0 Å². The van der Waals surface area contributed by atoms with Crippen LogP contribution in [0.3, 0.4) is 0 Å². The number of rotatable bonds is 4. The van der Waals surface area contributed by atoms with Crippen LogP contribution in [0.2, 0.25) is 0 Å². The van der Waals surface area contributed by atoms with Gasteiger partial charge in [0.25, 0.3) is 0 Å². The third kappa shape index (κ3) is 2.63. The fourth-order valence-corrected chi connectivity index (χ4v) is 1.30. The average Bonchev–Trinajstić information content (AvgIpc) is 2.83. The van der Waals surface area contributed by atoms with Crippen molar-refractivity contribution < 1.29 is 18.4 Å². The molecule has 2 aromatic heterocycles. The number of hydrogen-bond donors (Lipinski definition) is 0. The summed E-state index contributed by atoms with van der Waals surface area (Å²) in [5.41, 5.74) is 0.0614. The van der Waals surface area contributed by atoms with E-state index in [2.05, 4.69) is 4.98 Å². The second-order valence-electron chi connectivity index (χ2n) is 3.36. The number of carbonyl (C=O) groups excluding carboxylic acids is 2. The van der Waals surface area contributed by atoms with Crippen molar-refractivity contribution in [2.75, 3.05) is 0 Å². The standard InChI is InChI=1S/C12H8FNO3/c13-8-3-4-9(14-7-8)10(15)6-11(16)12-2-1-5-17-12/h1-5,7H,6H2. The van der Waals surface area contributed by atoms with E-state index >= 15 is 0 Å². The fraction of sp³-hybridized carbons (Fsp3) is 0.0833. The molecule has 0 saturated carbocycles. The fourth-order valence-electron chi connectivity index (χ4n) is 1.30. The molecule has 0 aliphatic rings. The number of pyridine rings is 1. The largest absolute Gasteiger partial charge is 0.461 e. The number of nitrogens with zero attached hydrogens (tertiary/aromatic N) is 1. The second kappa shape index (κ2) is 4.69. The van der Waals surface area contributed by atoms with Gasteiger partial charge >= 0.3 is 0 Å². The minimum atomic E-state index is -0.529. The summed E-state index contributed by atoms with van der Waals surface area (Å²) in [6.45, 7) is 0. The first kappa shape index (κ1) is 11.2. The predicted molar refractivity (Wildman–Crippen MR) is 56.2 cm³/mol. The van der Waals surface area contributed by atoms with Gasteiger partial charge in [-0.05, 0) is 24.3 Å². The molecule has 17 heavy (non-hydrogen) atoms. The molecular weight excluding hydrogens is 225 g/mol. The summed E-state index contributed by atoms with van der Waals surface area (Å²) in [5.74, 6) is -1.29. The van der Waals surface area contributed by atoms with E-state index in [9.17, 15) is 14.0 Å². The molecule has 0 aliphatic carbocycles. The first-order valence-electron chi connectivity index (χ1n) is 4.88. The molecule has 0 spiro atoms. The highest BCUT2D eigenvalue weighted by Crippen LogP contribution is 2.08. The number of aromatic nitrogens is 1. The minimum Gasteiger partial charge on any atom is -0.461 e. The topological polar surface area (TPSA) is 60.2 Å². The van der Waals surface area contributed by atoms with E-state index in [1.165, 1.54) is 18.4 Å². The summed E-state index contributed by atoms with van der Waals surface area (Å²) < 4.78 is 17.4. The van der Waals surface area contributed by atoms with E-state index in [-0.39, 0.29) is 17.9 Å². The van der Waals surface area contributed by atoms with Crippen LogP contribution in [-0.4, -0.2) is 16.6 Å². The van der Waals surface area contributed by atoms with Gasteiger partial charge < -0.3 is 4.42 Å². The molecular formula is C12H8FNO3. The normalized spacial score (nSPS) is 10.2. The molecule has 0 saturated heterocycles. The van der Waals surface area contributed by atoms with E-state index in [4.69, 9.17) is 4.42 Å². The van der Waals surface area contributed by atoms with Crippen LogP contribution in [-0.2, 0) is 0 Å². The van der Waals surface area contributed by atoms with Crippen LogP contribution < -0.4 is 0 Å². The van der Waals surface area contributed by atoms with Crippen LogP contribution in [0, 0.1) is 5.82 Å². The smallest absolute Gasteiger partial charge is 0.205 e. The van der Waals surface area contributed by atoms with Gasteiger partial charge in [0.2, 0.25) is 5.78 Å². The van der Waals surface area contributed by atoms with E-state index < -0.39 is 17.4 Å². The Hall–Kier alpha value is -2.30. The maximum absolute atomic E-state index is 12.6. The third-order valence-corrected chi connectivity index (χ3v) is 2.13. The van der Waals surface area contributed by atoms with E-state index in [1.54, 1.807) is 6.07 Å². The van der Waals surface area contributed by atoms with Crippen molar-refractivity contribution in [2.24, 2.45) is 0 Å². The summed E-state index contributed by atoms with van der Waals surface area (Å²) in [4.78, 5) is 26.8. The molecule has 2 heterocycles. The molecule has 0 aromatic carbocycles. The predicted octanol–water partition coefficient (Wildman–Crippen LogP) is 2.27. The van der Waals surface area contributed by atoms with Gasteiger partial charge in [-0.2, -0.15) is 0 Å². The minimum absolute atomic E-state index is 0.0614. The number of hydrogen-bond acceptors (Lipinski definition) is 4. The number of furan rings is 1. The summed E-state index contributed by atoms with van der Waals surface area (Å²) in [6.07, 6.45) is 1.95. The number of carbonyl (C=O) groups is 2. The molecule has 0 atom stereocenters. The van der Waals surface area contributed by atoms with Crippen molar-refractivity contribution in [2.45, 2.75) is 6.42 Å². The molecule has 0 fully saturated rings. The molecule has 0 N–H and O–H groups in total. The van der Waals surface area contributed by atoms with Crippen LogP contribution in [0.5, 0.6) is 0 Å². The van der Waals surface area contributed by atoms with Crippen LogP contribution in [0.15, 0.2) is 41.1 Å². The number of Topliss-reactive ketones (excluding diaryl/α,β-unsaturated/α-hetero) is 2. The molecule has 2 rings (SSSR count). The van der Waals surface area contributed by atoms with Gasteiger partial charge in [0, 0.05) is 0 Å². The quantitative estimate of drug-likeness (QED) is 0.600. The van der Waals surface area contributed by atoms with Gasteiger partial charge in [-0.15, -0.1) is 0 Å². The maximum atomic E-state index is 12.6. The van der Waals surface area contributed by atoms with E-state index in [1.807, 2.05) is 0 Å². The van der Waals surface area contributed by atoms with Gasteiger partial charge in [-0.1, -0.05) is 0 Å². The zero-order valence-corrected chi connectivity index (χ0v) is 8.72. The van der Waals surface area contributed by atoms with Crippen molar-refractivity contribution in [3.63, 3.8) is 0 Å². The Kier molecular flexibility index (Phi) is 3.09. The lowest BCUT2D eigenvalue weighted by atomic mass is 10.1. The Balaban J connectivity index is 2.07. The Morgan fingerprint density at radius 3 is 2.65 bits per heavy atom. The molecule has 5 heteroatoms. The molecule has 2 aromatic rings. The summed E-state index contributed by atoms with van der Waals surface area (Å²) in [5, 5.41) is 0. The van der Waals surface area contributed by atoms with Gasteiger partial charge in [0.15, 0.2) is 11.5 Å². The van der Waals surface area contributed by atoms with Crippen LogP contribution in [0.25, 0.3) is 0 Å². The SMILES string of the molecule is O=C(CC(=O)c1ccco1)c1ccc(F)cn1. The number of ketones is 2. The van der Waals surface area contributed by atoms with Gasteiger partial charge in [0.1, 0.15) is 11.5 Å². The highest BCUT2D eigenvalue weighted by atomic mass is 19.1. The molecule has 0 aliphatic heterocycles. The van der Waals surface area contributed by atoms with Gasteiger partial charge in [0.05, 0.1) is 18.9 Å². The molecule has 4 nitrogen and oxygen atoms in total. The zero-order chi connectivity index (χ0) is 12.3. The number of halogens is 1. The summed E-state index contributed by atoms with van der Waals surface area (Å²) in [6, 6.07) is 5.41. The first-order chi connectivity index (χ1) is 8.16. The lowest BCUT2D eigenvalue weighted by Crippen LogP contribution is -2.09. The summed E-state index contributed by atoms with van der Waals surface area (Å²) >= 11 is 0. The average molecular weight is 233 g/mol. The lowest BCUT2D eigenvalue weighted by molar-refractivity contribution is 0.0875. The molecule has 0 radical (unpaired) electrons. The van der Waals surface area contributed by atoms with E-state index in [0.29, 0.717) is 0 Å². The lowest BCUT2D eigenvalue weighted by Gasteiger charge is -1.98. The zero-order valence-electron chi connectivity index (χ0n) is 8.72. The van der Waals surface area contributed by atoms with Crippen LogP contribution in [0.1, 0.15) is 27.5 Å².